The van der Waals surface area contributed by atoms with Gasteiger partial charge in [-0.05, 0) is 0 Å². The molecule has 0 heterocycles. The third-order valence-electron chi connectivity index (χ3n) is 2.18. The number of nitrogens with zero attached hydrogens (tertiary/aromatic N) is 1. The second-order valence-corrected chi connectivity index (χ2v) is 6.52. The van der Waals surface area contributed by atoms with Crippen LogP contribution in [0.4, 0.5) is 0 Å². The van der Waals surface area contributed by atoms with Gasteiger partial charge in [0.25, 0.3) is 11.9 Å². The molecule has 0 N–H and O–H groups in total. The lowest BCUT2D eigenvalue weighted by atomic mass is 10.4. The Labute approximate surface area is 111 Å². The lowest BCUT2D eigenvalue weighted by Gasteiger charge is -2.26. The number of hydrogen-bond donors (Lipinski definition) is 0. The smallest absolute Gasteiger partial charge is 0.481 e. The molecule has 0 saturated heterocycles. The Hall–Kier alpha value is -2.24. The Morgan fingerprint density at radius 2 is 1.68 bits per heavy atom. The Morgan fingerprint density at radius 3 is 2.11 bits per heavy atom. The minimum Gasteiger partial charge on any atom is -0.481 e. The number of rotatable bonds is 5. The van der Waals surface area contributed by atoms with E-state index in [1.54, 1.807) is 30.3 Å². The third kappa shape index (κ3) is 4.17. The molecule has 0 saturated carbocycles. The monoisotopic (exact) mass is 279 g/mol. The number of carbonyl (C=O) groups excluding carboxylic acids is 3. The molecule has 0 aliphatic rings. The van der Waals surface area contributed by atoms with Gasteiger partial charge in [0.1, 0.15) is 6.17 Å². The van der Waals surface area contributed by atoms with E-state index in [4.69, 9.17) is 8.85 Å². The highest BCUT2D eigenvalue weighted by Gasteiger charge is 2.47. The summed E-state index contributed by atoms with van der Waals surface area (Å²) in [6.07, 6.45) is 1.16. The molecule has 0 spiro atoms. The molecule has 0 aliphatic heterocycles. The molecule has 0 aromatic heterocycles. The van der Waals surface area contributed by atoms with E-state index in [1.165, 1.54) is 19.9 Å². The Balaban J connectivity index is 3.27. The molecule has 0 unspecified atom stereocenters. The van der Waals surface area contributed by atoms with Crippen LogP contribution in [-0.2, 0) is 23.2 Å². The van der Waals surface area contributed by atoms with Crippen LogP contribution in [0.25, 0.3) is 0 Å². The van der Waals surface area contributed by atoms with Crippen molar-refractivity contribution in [2.45, 2.75) is 13.8 Å². The summed E-state index contributed by atoms with van der Waals surface area (Å²) >= 11 is 0. The summed E-state index contributed by atoms with van der Waals surface area (Å²) in [5, 5.41) is 0.541. The van der Waals surface area contributed by atoms with Crippen LogP contribution in [0.5, 0.6) is 0 Å². The van der Waals surface area contributed by atoms with Gasteiger partial charge >= 0.3 is 8.56 Å². The fourth-order valence-corrected chi connectivity index (χ4v) is 4.08. The summed E-state index contributed by atoms with van der Waals surface area (Å²) in [7, 11) is -3.45. The minimum atomic E-state index is -3.45. The van der Waals surface area contributed by atoms with Gasteiger partial charge in [-0.15, -0.1) is 0 Å². The first kappa shape index (κ1) is 14.8. The lowest BCUT2D eigenvalue weighted by molar-refractivity contribution is -0.138. The van der Waals surface area contributed by atoms with Gasteiger partial charge in [-0.1, -0.05) is 30.3 Å². The molecule has 1 aromatic carbocycles. The molecular formula is C12H13NO5Si. The van der Waals surface area contributed by atoms with E-state index in [9.17, 15) is 14.4 Å². The number of carbonyl (C=O) groups is 2. The predicted octanol–water partition coefficient (Wildman–Crippen LogP) is 0.337. The quantitative estimate of drug-likeness (QED) is 0.441. The van der Waals surface area contributed by atoms with E-state index in [1.807, 2.05) is 0 Å². The highest BCUT2D eigenvalue weighted by molar-refractivity contribution is 6.83. The van der Waals surface area contributed by atoms with Gasteiger partial charge in [0.05, 0.1) is 0 Å². The zero-order chi connectivity index (χ0) is 14.3. The standard InChI is InChI=1S/C12H13NO5Si/c1-10(15)17-19(9-13-8-14,18-11(2)16)12-6-4-3-5-7-12/h3-7H,9H2,1-2H3. The summed E-state index contributed by atoms with van der Waals surface area (Å²) in [6.45, 7) is 2.41. The topological polar surface area (TPSA) is 82.0 Å². The van der Waals surface area contributed by atoms with E-state index in [0.717, 1.165) is 0 Å². The molecule has 100 valence electrons. The molecule has 7 heteroatoms. The fourth-order valence-electron chi connectivity index (χ4n) is 1.59. The van der Waals surface area contributed by atoms with Crippen LogP contribution in [0.3, 0.4) is 0 Å². The highest BCUT2D eigenvalue weighted by atomic mass is 28.4. The molecule has 19 heavy (non-hydrogen) atoms. The largest absolute Gasteiger partial charge is 0.522 e. The zero-order valence-electron chi connectivity index (χ0n) is 10.6. The molecule has 1 rings (SSSR count). The van der Waals surface area contributed by atoms with Gasteiger partial charge < -0.3 is 8.85 Å². The summed E-state index contributed by atoms with van der Waals surface area (Å²) in [4.78, 5) is 36.2. The number of benzene rings is 1. The normalized spacial score (nSPS) is 10.2. The predicted molar refractivity (Wildman–Crippen MR) is 68.4 cm³/mol. The van der Waals surface area contributed by atoms with Crippen LogP contribution < -0.4 is 5.19 Å². The van der Waals surface area contributed by atoms with Gasteiger partial charge in [0.2, 0.25) is 6.08 Å². The van der Waals surface area contributed by atoms with Gasteiger partial charge in [-0.2, -0.15) is 0 Å². The minimum absolute atomic E-state index is 0.209. The molecular weight excluding hydrogens is 266 g/mol. The van der Waals surface area contributed by atoms with E-state index >= 15 is 0 Å². The number of hydrogen-bond acceptors (Lipinski definition) is 6. The van der Waals surface area contributed by atoms with Crippen LogP contribution >= 0.6 is 0 Å². The van der Waals surface area contributed by atoms with Crippen LogP contribution in [0.15, 0.2) is 35.3 Å². The summed E-state index contributed by atoms with van der Waals surface area (Å²) < 4.78 is 10.4. The number of aliphatic imine (C=N–C) groups is 1. The maximum Gasteiger partial charge on any atom is 0.522 e. The van der Waals surface area contributed by atoms with E-state index < -0.39 is 20.5 Å². The van der Waals surface area contributed by atoms with Gasteiger partial charge in [-0.25, -0.2) is 9.79 Å². The fraction of sp³-hybridized carbons (Fsp3) is 0.250. The lowest BCUT2D eigenvalue weighted by Crippen LogP contribution is -2.58. The second kappa shape index (κ2) is 6.63. The maximum atomic E-state index is 11.3. The van der Waals surface area contributed by atoms with Crippen LogP contribution in [0.1, 0.15) is 13.8 Å². The zero-order valence-corrected chi connectivity index (χ0v) is 11.6. The van der Waals surface area contributed by atoms with Crippen LogP contribution in [0.2, 0.25) is 0 Å². The van der Waals surface area contributed by atoms with Crippen molar-refractivity contribution in [3.05, 3.63) is 30.3 Å². The second-order valence-electron chi connectivity index (χ2n) is 3.71. The summed E-state index contributed by atoms with van der Waals surface area (Å²) in [5.41, 5.74) is 0. The van der Waals surface area contributed by atoms with Crippen molar-refractivity contribution in [3.8, 4) is 0 Å². The third-order valence-corrected chi connectivity index (χ3v) is 5.20. The van der Waals surface area contributed by atoms with Crippen molar-refractivity contribution in [2.75, 3.05) is 6.17 Å². The van der Waals surface area contributed by atoms with Crippen molar-refractivity contribution in [3.63, 3.8) is 0 Å². The Morgan fingerprint density at radius 1 is 1.16 bits per heavy atom. The highest BCUT2D eigenvalue weighted by Crippen LogP contribution is 2.10. The van der Waals surface area contributed by atoms with Gasteiger partial charge in [0, 0.05) is 19.0 Å². The first-order chi connectivity index (χ1) is 9.00. The SMILES string of the molecule is CC(=O)O[Si](CN=C=O)(OC(C)=O)c1ccccc1. The molecule has 1 aromatic rings. The maximum absolute atomic E-state index is 11.3. The molecule has 0 fully saturated rings. The summed E-state index contributed by atoms with van der Waals surface area (Å²) in [6, 6.07) is 8.54. The van der Waals surface area contributed by atoms with Crippen LogP contribution in [0, 0.1) is 0 Å². The van der Waals surface area contributed by atoms with E-state index in [2.05, 4.69) is 4.99 Å². The average Bonchev–Trinajstić information content (AvgIpc) is 2.35. The Kier molecular flexibility index (Phi) is 5.17. The molecule has 0 atom stereocenters. The first-order valence-corrected chi connectivity index (χ1v) is 7.51. The molecule has 0 amide bonds. The molecule has 6 nitrogen and oxygen atoms in total. The molecule has 0 radical (unpaired) electrons. The Bertz CT molecular complexity index is 486. The van der Waals surface area contributed by atoms with Crippen molar-refractivity contribution in [2.24, 2.45) is 4.99 Å². The van der Waals surface area contributed by atoms with E-state index in [0.29, 0.717) is 5.19 Å². The van der Waals surface area contributed by atoms with Crippen molar-refractivity contribution in [1.29, 1.82) is 0 Å². The van der Waals surface area contributed by atoms with Crippen molar-refractivity contribution >= 4 is 31.8 Å². The summed E-state index contributed by atoms with van der Waals surface area (Å²) in [5.74, 6) is -1.20. The number of isocyanates is 1. The average molecular weight is 279 g/mol. The van der Waals surface area contributed by atoms with Crippen molar-refractivity contribution < 1.29 is 23.2 Å². The molecule has 0 aliphatic carbocycles. The molecule has 0 bridgehead atoms. The van der Waals surface area contributed by atoms with Gasteiger partial charge in [-0.3, -0.25) is 9.59 Å². The van der Waals surface area contributed by atoms with E-state index in [-0.39, 0.29) is 6.17 Å². The van der Waals surface area contributed by atoms with Crippen molar-refractivity contribution in [1.82, 2.24) is 0 Å². The van der Waals surface area contributed by atoms with Crippen LogP contribution in [-0.4, -0.2) is 32.7 Å². The van der Waals surface area contributed by atoms with Gasteiger partial charge in [0.15, 0.2) is 0 Å². The first-order valence-electron chi connectivity index (χ1n) is 5.48.